The van der Waals surface area contributed by atoms with E-state index in [9.17, 15) is 9.59 Å². The highest BCUT2D eigenvalue weighted by Crippen LogP contribution is 2.25. The van der Waals surface area contributed by atoms with E-state index in [2.05, 4.69) is 5.32 Å². The Morgan fingerprint density at radius 1 is 1.04 bits per heavy atom. The fourth-order valence-electron chi connectivity index (χ4n) is 2.49. The van der Waals surface area contributed by atoms with Crippen LogP contribution in [0.4, 0.5) is 0 Å². The summed E-state index contributed by atoms with van der Waals surface area (Å²) in [6.07, 6.45) is 0.0382. The van der Waals surface area contributed by atoms with Crippen molar-refractivity contribution in [2.24, 2.45) is 0 Å². The number of carbonyl (C=O) groups is 2. The van der Waals surface area contributed by atoms with Gasteiger partial charge in [0.15, 0.2) is 0 Å². The van der Waals surface area contributed by atoms with E-state index in [0.717, 1.165) is 11.1 Å². The van der Waals surface area contributed by atoms with Gasteiger partial charge in [0.2, 0.25) is 5.91 Å². The van der Waals surface area contributed by atoms with E-state index in [0.29, 0.717) is 12.3 Å². The van der Waals surface area contributed by atoms with Crippen LogP contribution in [-0.4, -0.2) is 24.1 Å². The van der Waals surface area contributed by atoms with E-state index >= 15 is 0 Å². The zero-order valence-corrected chi connectivity index (χ0v) is 13.6. The lowest BCUT2D eigenvalue weighted by Crippen LogP contribution is -2.25. The van der Waals surface area contributed by atoms with Crippen molar-refractivity contribution in [3.05, 3.63) is 65.7 Å². The molecule has 1 unspecified atom stereocenters. The molecule has 2 aromatic rings. The number of carboxylic acids is 1. The summed E-state index contributed by atoms with van der Waals surface area (Å²) in [6.45, 7) is 0.433. The summed E-state index contributed by atoms with van der Waals surface area (Å²) in [5, 5.41) is 11.9. The number of rotatable bonds is 8. The van der Waals surface area contributed by atoms with Gasteiger partial charge in [0.1, 0.15) is 5.75 Å². The first-order chi connectivity index (χ1) is 11.6. The Morgan fingerprint density at radius 3 is 2.29 bits per heavy atom. The van der Waals surface area contributed by atoms with Crippen LogP contribution in [0.5, 0.6) is 5.75 Å². The molecule has 0 bridgehead atoms. The van der Waals surface area contributed by atoms with E-state index in [4.69, 9.17) is 9.84 Å². The number of carbonyl (C=O) groups excluding carboxylic acids is 1. The molecule has 5 heteroatoms. The summed E-state index contributed by atoms with van der Waals surface area (Å²) >= 11 is 0. The van der Waals surface area contributed by atoms with Gasteiger partial charge in [0.05, 0.1) is 13.5 Å². The average molecular weight is 327 g/mol. The third kappa shape index (κ3) is 5.43. The van der Waals surface area contributed by atoms with Gasteiger partial charge in [-0.1, -0.05) is 42.5 Å². The van der Waals surface area contributed by atoms with Crippen LogP contribution in [0.15, 0.2) is 54.6 Å². The van der Waals surface area contributed by atoms with Crippen molar-refractivity contribution in [3.8, 4) is 5.75 Å². The van der Waals surface area contributed by atoms with Crippen molar-refractivity contribution in [2.75, 3.05) is 7.11 Å². The van der Waals surface area contributed by atoms with Crippen molar-refractivity contribution in [1.82, 2.24) is 5.32 Å². The summed E-state index contributed by atoms with van der Waals surface area (Å²) in [7, 11) is 1.57. The predicted octanol–water partition coefficient (Wildman–Crippen LogP) is 2.96. The molecule has 0 radical (unpaired) electrons. The van der Waals surface area contributed by atoms with Gasteiger partial charge in [0.25, 0.3) is 0 Å². The molecule has 1 atom stereocenters. The lowest BCUT2D eigenvalue weighted by molar-refractivity contribution is -0.137. The molecule has 0 spiro atoms. The molecule has 0 aliphatic heterocycles. The molecule has 0 fully saturated rings. The molecular weight excluding hydrogens is 306 g/mol. The Labute approximate surface area is 141 Å². The van der Waals surface area contributed by atoms with Gasteiger partial charge < -0.3 is 15.2 Å². The Morgan fingerprint density at radius 2 is 1.71 bits per heavy atom. The molecule has 2 rings (SSSR count). The number of ether oxygens (including phenoxy) is 1. The summed E-state index contributed by atoms with van der Waals surface area (Å²) < 4.78 is 5.10. The first-order valence-electron chi connectivity index (χ1n) is 7.75. The van der Waals surface area contributed by atoms with Crippen LogP contribution in [0.3, 0.4) is 0 Å². The number of carboxylic acid groups (broad SMARTS) is 1. The lowest BCUT2D eigenvalue weighted by Gasteiger charge is -2.16. The van der Waals surface area contributed by atoms with Crippen LogP contribution in [0.1, 0.15) is 29.9 Å². The molecule has 24 heavy (non-hydrogen) atoms. The van der Waals surface area contributed by atoms with Crippen molar-refractivity contribution in [2.45, 2.75) is 25.3 Å². The van der Waals surface area contributed by atoms with Crippen LogP contribution >= 0.6 is 0 Å². The average Bonchev–Trinajstić information content (AvgIpc) is 2.60. The molecule has 1 amide bonds. The Hall–Kier alpha value is -2.82. The van der Waals surface area contributed by atoms with E-state index in [1.807, 2.05) is 30.3 Å². The maximum absolute atomic E-state index is 12.2. The minimum atomic E-state index is -0.924. The summed E-state index contributed by atoms with van der Waals surface area (Å²) in [5.41, 5.74) is 1.82. The molecule has 2 aromatic carbocycles. The number of nitrogens with one attached hydrogen (secondary N) is 1. The second-order valence-electron chi connectivity index (χ2n) is 5.53. The fourth-order valence-corrected chi connectivity index (χ4v) is 2.49. The van der Waals surface area contributed by atoms with Crippen molar-refractivity contribution in [1.29, 1.82) is 0 Å². The van der Waals surface area contributed by atoms with Crippen LogP contribution in [-0.2, 0) is 16.1 Å². The van der Waals surface area contributed by atoms with Gasteiger partial charge in [-0.25, -0.2) is 0 Å². The van der Waals surface area contributed by atoms with Crippen LogP contribution in [0.2, 0.25) is 0 Å². The first-order valence-corrected chi connectivity index (χ1v) is 7.75. The maximum Gasteiger partial charge on any atom is 0.303 e. The summed E-state index contributed by atoms with van der Waals surface area (Å²) in [6, 6.07) is 16.7. The Kier molecular flexibility index (Phi) is 6.37. The lowest BCUT2D eigenvalue weighted by atomic mass is 9.92. The van der Waals surface area contributed by atoms with E-state index < -0.39 is 5.97 Å². The van der Waals surface area contributed by atoms with Gasteiger partial charge in [-0.3, -0.25) is 9.59 Å². The van der Waals surface area contributed by atoms with Crippen molar-refractivity contribution in [3.63, 3.8) is 0 Å². The third-order valence-electron chi connectivity index (χ3n) is 3.77. The van der Waals surface area contributed by atoms with Gasteiger partial charge in [-0.05, 0) is 23.3 Å². The van der Waals surface area contributed by atoms with E-state index in [1.165, 1.54) is 0 Å². The molecule has 0 saturated carbocycles. The quantitative estimate of drug-likeness (QED) is 0.781. The van der Waals surface area contributed by atoms with Crippen molar-refractivity contribution >= 4 is 11.9 Å². The molecular formula is C19H21NO4. The molecule has 2 N–H and O–H groups in total. The van der Waals surface area contributed by atoms with Gasteiger partial charge in [0, 0.05) is 18.9 Å². The van der Waals surface area contributed by atoms with Gasteiger partial charge >= 0.3 is 5.97 Å². The van der Waals surface area contributed by atoms with Crippen molar-refractivity contribution < 1.29 is 19.4 Å². The zero-order valence-electron chi connectivity index (χ0n) is 13.6. The largest absolute Gasteiger partial charge is 0.497 e. The predicted molar refractivity (Wildman–Crippen MR) is 90.9 cm³/mol. The second kappa shape index (κ2) is 8.72. The minimum absolute atomic E-state index is 0.0922. The molecule has 126 valence electrons. The molecule has 0 saturated heterocycles. The van der Waals surface area contributed by atoms with Crippen LogP contribution < -0.4 is 10.1 Å². The number of aliphatic carboxylic acids is 1. The van der Waals surface area contributed by atoms with Gasteiger partial charge in [-0.15, -0.1) is 0 Å². The van der Waals surface area contributed by atoms with E-state index in [1.54, 1.807) is 31.4 Å². The topological polar surface area (TPSA) is 75.6 Å². The number of amides is 1. The standard InChI is InChI=1S/C19H21NO4/c1-24-17-9-7-15(8-10-17)16(12-19(22)23)11-18(21)20-13-14-5-3-2-4-6-14/h2-10,16H,11-13H2,1H3,(H,20,21)(H,22,23). The second-order valence-corrected chi connectivity index (χ2v) is 5.53. The SMILES string of the molecule is COc1ccc(C(CC(=O)O)CC(=O)NCc2ccccc2)cc1. The highest BCUT2D eigenvalue weighted by Gasteiger charge is 2.19. The van der Waals surface area contributed by atoms with Crippen LogP contribution in [0, 0.1) is 0 Å². The first kappa shape index (κ1) is 17.5. The minimum Gasteiger partial charge on any atom is -0.497 e. The molecule has 0 heterocycles. The normalized spacial score (nSPS) is 11.5. The molecule has 5 nitrogen and oxygen atoms in total. The summed E-state index contributed by atoms with van der Waals surface area (Å²) in [5.74, 6) is -0.766. The molecule has 0 aliphatic rings. The highest BCUT2D eigenvalue weighted by molar-refractivity contribution is 5.78. The summed E-state index contributed by atoms with van der Waals surface area (Å²) in [4.78, 5) is 23.3. The highest BCUT2D eigenvalue weighted by atomic mass is 16.5. The van der Waals surface area contributed by atoms with E-state index in [-0.39, 0.29) is 24.7 Å². The van der Waals surface area contributed by atoms with Gasteiger partial charge in [-0.2, -0.15) is 0 Å². The fraction of sp³-hybridized carbons (Fsp3) is 0.263. The van der Waals surface area contributed by atoms with Crippen LogP contribution in [0.25, 0.3) is 0 Å². The molecule has 0 aliphatic carbocycles. The number of methoxy groups -OCH3 is 1. The number of hydrogen-bond donors (Lipinski definition) is 2. The Balaban J connectivity index is 1.99. The third-order valence-corrected chi connectivity index (χ3v) is 3.77. The number of hydrogen-bond acceptors (Lipinski definition) is 3. The monoisotopic (exact) mass is 327 g/mol. The zero-order chi connectivity index (χ0) is 17.4. The smallest absolute Gasteiger partial charge is 0.303 e. The number of benzene rings is 2. The molecule has 0 aromatic heterocycles. The maximum atomic E-state index is 12.2. The Bertz CT molecular complexity index is 668.